The molecule has 122 valence electrons. The van der Waals surface area contributed by atoms with Crippen molar-refractivity contribution >= 4 is 23.4 Å². The van der Waals surface area contributed by atoms with Gasteiger partial charge in [-0.3, -0.25) is 14.9 Å². The predicted octanol–water partition coefficient (Wildman–Crippen LogP) is 1.21. The monoisotopic (exact) mass is 318 g/mol. The van der Waals surface area contributed by atoms with E-state index in [0.29, 0.717) is 23.4 Å². The Bertz CT molecular complexity index is 701. The number of ether oxygens (including phenoxy) is 1. The van der Waals surface area contributed by atoms with Gasteiger partial charge in [-0.1, -0.05) is 6.07 Å². The second-order valence-electron chi connectivity index (χ2n) is 6.30. The maximum absolute atomic E-state index is 13.0. The van der Waals surface area contributed by atoms with Crippen LogP contribution in [0.2, 0.25) is 0 Å². The molecule has 2 heterocycles. The van der Waals surface area contributed by atoms with Crippen molar-refractivity contribution < 1.29 is 23.7 Å². The molecule has 0 radical (unpaired) electrons. The van der Waals surface area contributed by atoms with E-state index in [1.165, 1.54) is 0 Å². The van der Waals surface area contributed by atoms with Gasteiger partial charge in [0.05, 0.1) is 13.2 Å². The Labute approximate surface area is 134 Å². The SMILES string of the molecule is CC(C)Oc1cccc2c1C(=O)[N+](C)(C1CCC(=O)NC1=O)N2. The minimum Gasteiger partial charge on any atom is -0.490 e. The van der Waals surface area contributed by atoms with Crippen LogP contribution in [0.5, 0.6) is 5.75 Å². The van der Waals surface area contributed by atoms with Gasteiger partial charge in [0, 0.05) is 12.8 Å². The van der Waals surface area contributed by atoms with Crippen LogP contribution in [-0.2, 0) is 9.59 Å². The summed E-state index contributed by atoms with van der Waals surface area (Å²) < 4.78 is 5.44. The number of nitrogens with one attached hydrogen (secondary N) is 2. The van der Waals surface area contributed by atoms with Gasteiger partial charge in [0.15, 0.2) is 11.6 Å². The Morgan fingerprint density at radius 1 is 1.26 bits per heavy atom. The molecule has 2 aliphatic heterocycles. The number of piperidine rings is 1. The number of carbonyl (C=O) groups is 3. The number of likely N-dealkylation sites (N-methyl/N-ethyl adjacent to an activating group) is 1. The molecule has 1 saturated heterocycles. The third kappa shape index (κ3) is 2.46. The molecule has 7 nitrogen and oxygen atoms in total. The number of benzene rings is 1. The van der Waals surface area contributed by atoms with Gasteiger partial charge in [-0.15, -0.1) is 4.59 Å². The Balaban J connectivity index is 1.97. The number of rotatable bonds is 3. The first-order valence-electron chi connectivity index (χ1n) is 7.65. The molecule has 1 fully saturated rings. The fourth-order valence-corrected chi connectivity index (χ4v) is 3.12. The highest BCUT2D eigenvalue weighted by Gasteiger charge is 2.54. The Morgan fingerprint density at radius 3 is 2.65 bits per heavy atom. The van der Waals surface area contributed by atoms with Crippen molar-refractivity contribution in [1.29, 1.82) is 0 Å². The van der Waals surface area contributed by atoms with E-state index in [9.17, 15) is 14.4 Å². The van der Waals surface area contributed by atoms with Gasteiger partial charge in [0.1, 0.15) is 11.4 Å². The zero-order chi connectivity index (χ0) is 16.8. The number of quaternary nitrogens is 1. The van der Waals surface area contributed by atoms with Gasteiger partial charge in [0.25, 0.3) is 5.91 Å². The van der Waals surface area contributed by atoms with E-state index in [4.69, 9.17) is 4.74 Å². The molecule has 2 atom stereocenters. The van der Waals surface area contributed by atoms with Crippen LogP contribution in [-0.4, -0.2) is 41.5 Å². The number of carbonyl (C=O) groups excluding carboxylic acids is 3. The minimum atomic E-state index is -0.653. The van der Waals surface area contributed by atoms with Crippen LogP contribution in [0.25, 0.3) is 0 Å². The minimum absolute atomic E-state index is 0.0655. The third-order valence-electron chi connectivity index (χ3n) is 4.21. The molecule has 0 saturated carbocycles. The summed E-state index contributed by atoms with van der Waals surface area (Å²) >= 11 is 0. The van der Waals surface area contributed by atoms with Crippen LogP contribution in [0.15, 0.2) is 18.2 Å². The second kappa shape index (κ2) is 5.34. The molecule has 0 aliphatic carbocycles. The molecule has 7 heteroatoms. The van der Waals surface area contributed by atoms with Crippen molar-refractivity contribution in [2.45, 2.75) is 38.8 Å². The number of anilines is 1. The van der Waals surface area contributed by atoms with E-state index in [2.05, 4.69) is 10.7 Å². The molecule has 1 aromatic carbocycles. The van der Waals surface area contributed by atoms with Crippen LogP contribution < -0.4 is 15.5 Å². The van der Waals surface area contributed by atoms with E-state index in [0.717, 1.165) is 0 Å². The summed E-state index contributed by atoms with van der Waals surface area (Å²) in [6, 6.07) is 4.69. The van der Waals surface area contributed by atoms with Gasteiger partial charge in [0.2, 0.25) is 5.91 Å². The number of nitrogens with zero attached hydrogens (tertiary/aromatic N) is 1. The smallest absolute Gasteiger partial charge is 0.376 e. The Kier molecular flexibility index (Phi) is 3.60. The highest BCUT2D eigenvalue weighted by molar-refractivity contribution is 6.05. The average Bonchev–Trinajstić information content (AvgIpc) is 2.71. The summed E-state index contributed by atoms with van der Waals surface area (Å²) in [5.41, 5.74) is 4.22. The van der Waals surface area contributed by atoms with Crippen molar-refractivity contribution in [3.63, 3.8) is 0 Å². The lowest BCUT2D eigenvalue weighted by Crippen LogP contribution is -2.64. The number of imide groups is 1. The topological polar surface area (TPSA) is 84.5 Å². The van der Waals surface area contributed by atoms with Crippen molar-refractivity contribution in [3.05, 3.63) is 23.8 Å². The Hall–Kier alpha value is -2.41. The molecule has 2 N–H and O–H groups in total. The van der Waals surface area contributed by atoms with Crippen molar-refractivity contribution in [2.75, 3.05) is 12.5 Å². The van der Waals surface area contributed by atoms with E-state index in [1.807, 2.05) is 13.8 Å². The van der Waals surface area contributed by atoms with Gasteiger partial charge in [-0.2, -0.15) is 0 Å². The fourth-order valence-electron chi connectivity index (χ4n) is 3.12. The summed E-state index contributed by atoms with van der Waals surface area (Å²) in [5, 5.41) is 2.31. The molecule has 3 rings (SSSR count). The van der Waals surface area contributed by atoms with Crippen LogP contribution >= 0.6 is 0 Å². The number of hydrogen-bond donors (Lipinski definition) is 2. The van der Waals surface area contributed by atoms with Crippen molar-refractivity contribution in [1.82, 2.24) is 5.32 Å². The van der Waals surface area contributed by atoms with Crippen LogP contribution in [0, 0.1) is 0 Å². The van der Waals surface area contributed by atoms with E-state index < -0.39 is 11.9 Å². The largest absolute Gasteiger partial charge is 0.490 e. The van der Waals surface area contributed by atoms with Gasteiger partial charge < -0.3 is 4.74 Å². The highest BCUT2D eigenvalue weighted by Crippen LogP contribution is 2.39. The van der Waals surface area contributed by atoms with E-state index in [1.54, 1.807) is 25.2 Å². The van der Waals surface area contributed by atoms with Crippen LogP contribution in [0.1, 0.15) is 37.0 Å². The van der Waals surface area contributed by atoms with Crippen LogP contribution in [0.3, 0.4) is 0 Å². The molecule has 0 bridgehead atoms. The predicted molar refractivity (Wildman–Crippen MR) is 82.5 cm³/mol. The fraction of sp³-hybridized carbons (Fsp3) is 0.438. The molecule has 3 amide bonds. The van der Waals surface area contributed by atoms with Gasteiger partial charge >= 0.3 is 5.91 Å². The molecular formula is C16H20N3O4+. The summed E-state index contributed by atoms with van der Waals surface area (Å²) in [4.78, 5) is 36.5. The third-order valence-corrected chi connectivity index (χ3v) is 4.21. The first-order valence-corrected chi connectivity index (χ1v) is 7.65. The average molecular weight is 318 g/mol. The van der Waals surface area contributed by atoms with E-state index >= 15 is 0 Å². The first kappa shape index (κ1) is 15.5. The molecular weight excluding hydrogens is 298 g/mol. The number of hydrogen-bond acceptors (Lipinski definition) is 5. The lowest BCUT2D eigenvalue weighted by molar-refractivity contribution is -0.820. The second-order valence-corrected chi connectivity index (χ2v) is 6.30. The molecule has 0 spiro atoms. The Morgan fingerprint density at radius 2 is 2.00 bits per heavy atom. The molecule has 2 aliphatic rings. The summed E-state index contributed by atoms with van der Waals surface area (Å²) in [6.45, 7) is 3.78. The summed E-state index contributed by atoms with van der Waals surface area (Å²) in [5.74, 6) is -0.454. The zero-order valence-electron chi connectivity index (χ0n) is 13.4. The summed E-state index contributed by atoms with van der Waals surface area (Å²) in [6.07, 6.45) is 0.489. The first-order chi connectivity index (χ1) is 10.8. The molecule has 0 aromatic heterocycles. The maximum atomic E-state index is 13.0. The molecule has 1 aromatic rings. The quantitative estimate of drug-likeness (QED) is 0.646. The van der Waals surface area contributed by atoms with Gasteiger partial charge in [-0.25, -0.2) is 10.2 Å². The lowest BCUT2D eigenvalue weighted by atomic mass is 10.0. The summed E-state index contributed by atoms with van der Waals surface area (Å²) in [7, 11) is 1.65. The highest BCUT2D eigenvalue weighted by atomic mass is 16.5. The van der Waals surface area contributed by atoms with Gasteiger partial charge in [-0.05, 0) is 26.0 Å². The standard InChI is InChI=1S/C16H19N3O4/c1-9(2)23-12-6-4-5-10-14(12)16(22)19(3,18-10)11-7-8-13(20)17-15(11)21/h4-6,9,11H,7-8H2,1-3H3,(H-,17,18,20,21,22)/p+1. The number of amides is 3. The van der Waals surface area contributed by atoms with Crippen molar-refractivity contribution in [3.8, 4) is 5.75 Å². The lowest BCUT2D eigenvalue weighted by Gasteiger charge is -2.34. The van der Waals surface area contributed by atoms with Crippen molar-refractivity contribution in [2.24, 2.45) is 0 Å². The maximum Gasteiger partial charge on any atom is 0.376 e. The van der Waals surface area contributed by atoms with Crippen LogP contribution in [0.4, 0.5) is 5.69 Å². The number of fused-ring (bicyclic) bond motifs is 1. The van der Waals surface area contributed by atoms with E-state index in [-0.39, 0.29) is 28.9 Å². The normalized spacial score (nSPS) is 26.8. The molecule has 2 unspecified atom stereocenters. The molecule has 23 heavy (non-hydrogen) atoms. The zero-order valence-corrected chi connectivity index (χ0v) is 13.4.